The number of methoxy groups -OCH3 is 2. The summed E-state index contributed by atoms with van der Waals surface area (Å²) in [6, 6.07) is 14.0. The van der Waals surface area contributed by atoms with Crippen molar-refractivity contribution in [3.05, 3.63) is 70.3 Å². The summed E-state index contributed by atoms with van der Waals surface area (Å²) in [6.07, 6.45) is 0.601. The molecule has 0 N–H and O–H groups in total. The Morgan fingerprint density at radius 1 is 1.13 bits per heavy atom. The average Bonchev–Trinajstić information content (AvgIpc) is 2.81. The van der Waals surface area contributed by atoms with Crippen LogP contribution in [0.3, 0.4) is 0 Å². The molecule has 0 radical (unpaired) electrons. The third-order valence-electron chi connectivity index (χ3n) is 5.38. The highest BCUT2D eigenvalue weighted by atomic mass is 16.5. The molecule has 1 aromatic heterocycles. The van der Waals surface area contributed by atoms with Gasteiger partial charge in [0, 0.05) is 25.8 Å². The number of nitrogens with zero attached hydrogens (tertiary/aromatic N) is 3. The predicted octanol–water partition coefficient (Wildman–Crippen LogP) is 3.66. The molecule has 1 unspecified atom stereocenters. The minimum absolute atomic E-state index is 0.0953. The summed E-state index contributed by atoms with van der Waals surface area (Å²) in [5.74, 6) is 1.04. The number of aromatic nitrogens is 2. The molecule has 7 nitrogen and oxygen atoms in total. The van der Waals surface area contributed by atoms with E-state index in [2.05, 4.69) is 0 Å². The predicted molar refractivity (Wildman–Crippen MR) is 121 cm³/mol. The van der Waals surface area contributed by atoms with E-state index in [1.165, 1.54) is 0 Å². The van der Waals surface area contributed by atoms with Crippen LogP contribution in [0, 0.1) is 0 Å². The third-order valence-corrected chi connectivity index (χ3v) is 5.38. The van der Waals surface area contributed by atoms with Gasteiger partial charge in [-0.15, -0.1) is 0 Å². The highest BCUT2D eigenvalue weighted by Crippen LogP contribution is 2.26. The van der Waals surface area contributed by atoms with Gasteiger partial charge in [0.05, 0.1) is 30.7 Å². The first-order chi connectivity index (χ1) is 15.0. The van der Waals surface area contributed by atoms with Crippen LogP contribution in [-0.4, -0.2) is 47.7 Å². The van der Waals surface area contributed by atoms with E-state index in [1.807, 2.05) is 32.0 Å². The van der Waals surface area contributed by atoms with E-state index in [9.17, 15) is 9.59 Å². The molecule has 0 saturated carbocycles. The van der Waals surface area contributed by atoms with Crippen LogP contribution < -0.4 is 10.3 Å². The molecule has 1 heterocycles. The van der Waals surface area contributed by atoms with Gasteiger partial charge in [0.25, 0.3) is 11.5 Å². The van der Waals surface area contributed by atoms with Crippen LogP contribution in [-0.2, 0) is 11.3 Å². The fraction of sp³-hybridized carbons (Fsp3) is 0.375. The summed E-state index contributed by atoms with van der Waals surface area (Å²) in [6.45, 7) is 5.11. The molecule has 0 aliphatic rings. The van der Waals surface area contributed by atoms with E-state index < -0.39 is 0 Å². The fourth-order valence-corrected chi connectivity index (χ4v) is 3.80. The van der Waals surface area contributed by atoms with E-state index in [4.69, 9.17) is 14.5 Å². The SMILES string of the molecule is CCC(c1nc2ccccc2c(=O)n1CC)N(CCOC)C(=O)c1cccc(OC)c1. The van der Waals surface area contributed by atoms with Crippen molar-refractivity contribution in [2.24, 2.45) is 0 Å². The smallest absolute Gasteiger partial charge is 0.261 e. The van der Waals surface area contributed by atoms with E-state index in [0.29, 0.717) is 54.2 Å². The monoisotopic (exact) mass is 423 g/mol. The number of rotatable bonds is 9. The second-order valence-electron chi connectivity index (χ2n) is 7.18. The molecule has 31 heavy (non-hydrogen) atoms. The Hall–Kier alpha value is -3.19. The molecule has 0 saturated heterocycles. The Bertz CT molecular complexity index is 1110. The summed E-state index contributed by atoms with van der Waals surface area (Å²) >= 11 is 0. The Morgan fingerprint density at radius 2 is 1.90 bits per heavy atom. The summed E-state index contributed by atoms with van der Waals surface area (Å²) < 4.78 is 12.2. The molecule has 164 valence electrons. The number of benzene rings is 2. The van der Waals surface area contributed by atoms with Gasteiger partial charge < -0.3 is 14.4 Å². The average molecular weight is 424 g/mol. The number of carbonyl (C=O) groups is 1. The zero-order chi connectivity index (χ0) is 22.4. The molecule has 0 spiro atoms. The van der Waals surface area contributed by atoms with Gasteiger partial charge in [-0.2, -0.15) is 0 Å². The number of ether oxygens (including phenoxy) is 2. The number of hydrogen-bond acceptors (Lipinski definition) is 5. The molecule has 3 rings (SSSR count). The molecule has 1 amide bonds. The number of hydrogen-bond donors (Lipinski definition) is 0. The Morgan fingerprint density at radius 3 is 2.58 bits per heavy atom. The maximum Gasteiger partial charge on any atom is 0.261 e. The third kappa shape index (κ3) is 4.61. The lowest BCUT2D eigenvalue weighted by atomic mass is 10.1. The van der Waals surface area contributed by atoms with Crippen LogP contribution in [0.15, 0.2) is 53.3 Å². The van der Waals surface area contributed by atoms with Crippen molar-refractivity contribution in [1.29, 1.82) is 0 Å². The maximum absolute atomic E-state index is 13.5. The van der Waals surface area contributed by atoms with Crippen LogP contribution in [0.4, 0.5) is 0 Å². The summed E-state index contributed by atoms with van der Waals surface area (Å²) in [7, 11) is 3.17. The van der Waals surface area contributed by atoms with Crippen LogP contribution in [0.2, 0.25) is 0 Å². The minimum atomic E-state index is -0.383. The Kier molecular flexibility index (Phi) is 7.41. The van der Waals surface area contributed by atoms with Gasteiger partial charge in [0.15, 0.2) is 0 Å². The van der Waals surface area contributed by atoms with Crippen LogP contribution in [0.5, 0.6) is 5.75 Å². The molecule has 0 aliphatic carbocycles. The van der Waals surface area contributed by atoms with Gasteiger partial charge in [-0.25, -0.2) is 4.98 Å². The van der Waals surface area contributed by atoms with E-state index >= 15 is 0 Å². The van der Waals surface area contributed by atoms with Crippen LogP contribution in [0.1, 0.15) is 42.5 Å². The molecule has 3 aromatic rings. The summed E-state index contributed by atoms with van der Waals surface area (Å²) in [4.78, 5) is 33.2. The number of fused-ring (bicyclic) bond motifs is 1. The van der Waals surface area contributed by atoms with Crippen molar-refractivity contribution in [2.45, 2.75) is 32.9 Å². The Balaban J connectivity index is 2.13. The van der Waals surface area contributed by atoms with Gasteiger partial charge in [-0.05, 0) is 43.7 Å². The second-order valence-corrected chi connectivity index (χ2v) is 7.18. The van der Waals surface area contributed by atoms with Gasteiger partial charge in [-0.1, -0.05) is 25.1 Å². The zero-order valence-electron chi connectivity index (χ0n) is 18.5. The van der Waals surface area contributed by atoms with E-state index in [1.54, 1.807) is 54.0 Å². The fourth-order valence-electron chi connectivity index (χ4n) is 3.80. The van der Waals surface area contributed by atoms with Crippen molar-refractivity contribution in [3.8, 4) is 5.75 Å². The van der Waals surface area contributed by atoms with Crippen molar-refractivity contribution in [2.75, 3.05) is 27.4 Å². The lowest BCUT2D eigenvalue weighted by Crippen LogP contribution is -2.40. The molecule has 0 fully saturated rings. The van der Waals surface area contributed by atoms with Crippen LogP contribution >= 0.6 is 0 Å². The van der Waals surface area contributed by atoms with Gasteiger partial charge >= 0.3 is 0 Å². The quantitative estimate of drug-likeness (QED) is 0.525. The first-order valence-electron chi connectivity index (χ1n) is 10.5. The minimum Gasteiger partial charge on any atom is -0.497 e. The standard InChI is InChI=1S/C24H29N3O4/c1-5-21(22-25-20-13-8-7-12-19(20)24(29)26(22)6-2)27(14-15-30-3)23(28)17-10-9-11-18(16-17)31-4/h7-13,16,21H,5-6,14-15H2,1-4H3. The molecule has 1 atom stereocenters. The number of amides is 1. The van der Waals surface area contributed by atoms with E-state index in [0.717, 1.165) is 0 Å². The highest BCUT2D eigenvalue weighted by molar-refractivity contribution is 5.95. The van der Waals surface area contributed by atoms with Gasteiger partial charge in [0.2, 0.25) is 0 Å². The maximum atomic E-state index is 13.5. The second kappa shape index (κ2) is 10.2. The van der Waals surface area contributed by atoms with Gasteiger partial charge in [0.1, 0.15) is 11.6 Å². The largest absolute Gasteiger partial charge is 0.497 e. The lowest BCUT2D eigenvalue weighted by Gasteiger charge is -2.32. The van der Waals surface area contributed by atoms with Crippen molar-refractivity contribution < 1.29 is 14.3 Å². The highest BCUT2D eigenvalue weighted by Gasteiger charge is 2.29. The zero-order valence-corrected chi connectivity index (χ0v) is 18.5. The molecule has 2 aromatic carbocycles. The number of para-hydroxylation sites is 1. The molecule has 0 bridgehead atoms. The van der Waals surface area contributed by atoms with Crippen molar-refractivity contribution in [1.82, 2.24) is 14.5 Å². The summed E-state index contributed by atoms with van der Waals surface area (Å²) in [5.41, 5.74) is 1.05. The van der Waals surface area contributed by atoms with Gasteiger partial charge in [-0.3, -0.25) is 14.2 Å². The van der Waals surface area contributed by atoms with Crippen LogP contribution in [0.25, 0.3) is 10.9 Å². The Labute approximate surface area is 182 Å². The molecular weight excluding hydrogens is 394 g/mol. The first kappa shape index (κ1) is 22.5. The topological polar surface area (TPSA) is 73.7 Å². The van der Waals surface area contributed by atoms with E-state index in [-0.39, 0.29) is 17.5 Å². The van der Waals surface area contributed by atoms with Crippen molar-refractivity contribution in [3.63, 3.8) is 0 Å². The normalized spacial score (nSPS) is 12.0. The lowest BCUT2D eigenvalue weighted by molar-refractivity contribution is 0.0576. The summed E-state index contributed by atoms with van der Waals surface area (Å²) in [5, 5.41) is 0.575. The first-order valence-corrected chi connectivity index (χ1v) is 10.5. The van der Waals surface area contributed by atoms with Crippen molar-refractivity contribution >= 4 is 16.8 Å². The number of carbonyl (C=O) groups excluding carboxylic acids is 1. The molecule has 0 aliphatic heterocycles. The molecule has 7 heteroatoms. The molecular formula is C24H29N3O4.